The molecule has 0 aromatic heterocycles. The number of hydrogen-bond acceptors (Lipinski definition) is 5. The molecule has 1 N–H and O–H groups in total. The molecule has 2 fully saturated rings. The summed E-state index contributed by atoms with van der Waals surface area (Å²) < 4.78 is 0. The van der Waals surface area contributed by atoms with Crippen LogP contribution in [0.3, 0.4) is 0 Å². The summed E-state index contributed by atoms with van der Waals surface area (Å²) in [7, 11) is 3.13. The summed E-state index contributed by atoms with van der Waals surface area (Å²) in [5, 5.41) is 10.3. The number of aliphatic imine (C=N–C) groups is 1. The molecule has 1 aliphatic heterocycles. The van der Waals surface area contributed by atoms with E-state index in [4.69, 9.17) is 12.2 Å². The van der Waals surface area contributed by atoms with Crippen LogP contribution in [-0.2, 0) is 9.59 Å². The van der Waals surface area contributed by atoms with Crippen LogP contribution >= 0.6 is 12.2 Å². The van der Waals surface area contributed by atoms with Gasteiger partial charge < -0.3 is 5.11 Å². The number of amides is 2. The van der Waals surface area contributed by atoms with E-state index in [2.05, 4.69) is 25.8 Å². The summed E-state index contributed by atoms with van der Waals surface area (Å²) in [5.74, 6) is -1.61. The molecule has 2 atom stereocenters. The highest BCUT2D eigenvalue weighted by Crippen LogP contribution is 2.46. The third-order valence-electron chi connectivity index (χ3n) is 4.92. The normalized spacial score (nSPS) is 32.1. The molecule has 0 bridgehead atoms. The number of hydrogen-bond donors (Lipinski definition) is 1. The predicted molar refractivity (Wildman–Crippen MR) is 96.7 cm³/mol. The molecule has 134 valence electrons. The third-order valence-corrected chi connectivity index (χ3v) is 5.46. The lowest BCUT2D eigenvalue weighted by Gasteiger charge is -2.44. The topological polar surface area (TPSA) is 73.2 Å². The fourth-order valence-corrected chi connectivity index (χ4v) is 4.32. The molecule has 0 radical (unpaired) electrons. The molecular formula is C17H27N3O3S. The molecule has 1 aliphatic carbocycles. The zero-order valence-electron chi connectivity index (χ0n) is 15.1. The van der Waals surface area contributed by atoms with Crippen LogP contribution < -0.4 is 0 Å². The molecule has 1 saturated heterocycles. The van der Waals surface area contributed by atoms with Gasteiger partial charge in [0.05, 0.1) is 6.10 Å². The van der Waals surface area contributed by atoms with Crippen LogP contribution in [0.25, 0.3) is 0 Å². The number of carbonyl (C=O) groups is 2. The highest BCUT2D eigenvalue weighted by atomic mass is 32.1. The molecule has 2 amide bonds. The van der Waals surface area contributed by atoms with Gasteiger partial charge in [-0.1, -0.05) is 20.8 Å². The van der Waals surface area contributed by atoms with E-state index in [-0.39, 0.29) is 33.9 Å². The average Bonchev–Trinajstić information content (AvgIpc) is 2.44. The summed E-state index contributed by atoms with van der Waals surface area (Å²) in [6.07, 6.45) is 3.54. The molecule has 2 aliphatic rings. The van der Waals surface area contributed by atoms with Crippen molar-refractivity contribution in [2.75, 3.05) is 20.6 Å². The Kier molecular flexibility index (Phi) is 5.16. The van der Waals surface area contributed by atoms with E-state index in [1.165, 1.54) is 16.0 Å². The van der Waals surface area contributed by atoms with Crippen LogP contribution in [0.15, 0.2) is 4.99 Å². The smallest absolute Gasteiger partial charge is 0.246 e. The molecule has 1 saturated carbocycles. The Hall–Kier alpha value is -1.34. The van der Waals surface area contributed by atoms with Gasteiger partial charge in [-0.05, 0) is 42.3 Å². The Morgan fingerprint density at radius 3 is 2.25 bits per heavy atom. The summed E-state index contributed by atoms with van der Waals surface area (Å²) in [6.45, 7) is 6.89. The van der Waals surface area contributed by atoms with Crippen LogP contribution in [0.2, 0.25) is 0 Å². The van der Waals surface area contributed by atoms with E-state index in [1.807, 2.05) is 0 Å². The highest BCUT2D eigenvalue weighted by Gasteiger charge is 2.42. The molecule has 7 heteroatoms. The van der Waals surface area contributed by atoms with Gasteiger partial charge in [-0.15, -0.1) is 0 Å². The summed E-state index contributed by atoms with van der Waals surface area (Å²) in [6, 6.07) is 0. The van der Waals surface area contributed by atoms with Crippen molar-refractivity contribution in [2.24, 2.45) is 21.7 Å². The lowest BCUT2D eigenvalue weighted by atomic mass is 9.63. The van der Waals surface area contributed by atoms with Crippen molar-refractivity contribution in [2.45, 2.75) is 46.1 Å². The van der Waals surface area contributed by atoms with E-state index in [0.29, 0.717) is 13.0 Å². The number of rotatable bonds is 3. The number of thiocarbonyl (C=S) groups is 1. The minimum absolute atomic E-state index is 0.0606. The van der Waals surface area contributed by atoms with Crippen LogP contribution in [0.4, 0.5) is 0 Å². The Labute approximate surface area is 148 Å². The predicted octanol–water partition coefficient (Wildman–Crippen LogP) is 1.47. The monoisotopic (exact) mass is 353 g/mol. The van der Waals surface area contributed by atoms with E-state index in [9.17, 15) is 14.7 Å². The van der Waals surface area contributed by atoms with Gasteiger partial charge in [0.2, 0.25) is 11.8 Å². The molecule has 2 rings (SSSR count). The molecule has 0 unspecified atom stereocenters. The lowest BCUT2D eigenvalue weighted by molar-refractivity contribution is -0.142. The molecule has 0 spiro atoms. The maximum atomic E-state index is 12.3. The maximum absolute atomic E-state index is 12.3. The maximum Gasteiger partial charge on any atom is 0.246 e. The van der Waals surface area contributed by atoms with Crippen LogP contribution in [-0.4, -0.2) is 64.8 Å². The largest absolute Gasteiger partial charge is 0.393 e. The Bertz CT molecular complexity index is 566. The first-order valence-corrected chi connectivity index (χ1v) is 8.64. The van der Waals surface area contributed by atoms with Crippen molar-refractivity contribution in [1.82, 2.24) is 9.80 Å². The minimum atomic E-state index is -0.920. The third kappa shape index (κ3) is 3.83. The zero-order valence-corrected chi connectivity index (χ0v) is 15.9. The molecule has 1 heterocycles. The van der Waals surface area contributed by atoms with Crippen molar-refractivity contribution >= 4 is 35.4 Å². The standard InChI is InChI=1S/C17H27N3O3S/c1-16(2)6-11(21)7-17(3,9-16)10-18-8-12-13(22)19(4)15(24)20(5)14(12)23/h8,11-12,21H,6-7,9-10H2,1-5H3/t11-,17+/m0/s1. The first-order chi connectivity index (χ1) is 11.0. The van der Waals surface area contributed by atoms with Crippen molar-refractivity contribution in [1.29, 1.82) is 0 Å². The van der Waals surface area contributed by atoms with Crippen molar-refractivity contribution in [3.63, 3.8) is 0 Å². The first kappa shape index (κ1) is 19.0. The summed E-state index contributed by atoms with van der Waals surface area (Å²) in [5.41, 5.74) is -0.0728. The van der Waals surface area contributed by atoms with Gasteiger partial charge in [-0.25, -0.2) is 0 Å². The molecular weight excluding hydrogens is 326 g/mol. The van der Waals surface area contributed by atoms with Crippen LogP contribution in [0.5, 0.6) is 0 Å². The van der Waals surface area contributed by atoms with Gasteiger partial charge in [0.1, 0.15) is 0 Å². The van der Waals surface area contributed by atoms with E-state index in [1.54, 1.807) is 14.1 Å². The van der Waals surface area contributed by atoms with Gasteiger partial charge in [0.15, 0.2) is 11.0 Å². The van der Waals surface area contributed by atoms with Crippen molar-refractivity contribution < 1.29 is 14.7 Å². The highest BCUT2D eigenvalue weighted by molar-refractivity contribution is 7.80. The number of aliphatic hydroxyl groups excluding tert-OH is 1. The first-order valence-electron chi connectivity index (χ1n) is 8.23. The van der Waals surface area contributed by atoms with Gasteiger partial charge in [0.25, 0.3) is 0 Å². The second-order valence-electron chi connectivity index (χ2n) is 8.26. The fraction of sp³-hybridized carbons (Fsp3) is 0.765. The van der Waals surface area contributed by atoms with E-state index in [0.717, 1.165) is 12.8 Å². The Morgan fingerprint density at radius 1 is 1.21 bits per heavy atom. The molecule has 0 aromatic rings. The Morgan fingerprint density at radius 2 is 1.75 bits per heavy atom. The quantitative estimate of drug-likeness (QED) is 0.474. The van der Waals surface area contributed by atoms with Gasteiger partial charge in [-0.2, -0.15) is 0 Å². The number of carbonyl (C=O) groups excluding carboxylic acids is 2. The number of nitrogens with zero attached hydrogens (tertiary/aromatic N) is 3. The summed E-state index contributed by atoms with van der Waals surface area (Å²) in [4.78, 5) is 31.6. The SMILES string of the molecule is CN1C(=O)C(C=NC[C@]2(C)C[C@@H](O)CC(C)(C)C2)C(=O)N(C)C1=S. The fourth-order valence-electron chi connectivity index (χ4n) is 4.14. The van der Waals surface area contributed by atoms with E-state index >= 15 is 0 Å². The second-order valence-corrected chi connectivity index (χ2v) is 8.62. The second kappa shape index (κ2) is 6.52. The van der Waals surface area contributed by atoms with Crippen LogP contribution in [0, 0.1) is 16.7 Å². The summed E-state index contributed by atoms with van der Waals surface area (Å²) >= 11 is 5.07. The molecule has 24 heavy (non-hydrogen) atoms. The van der Waals surface area contributed by atoms with E-state index < -0.39 is 5.92 Å². The van der Waals surface area contributed by atoms with Crippen LogP contribution in [0.1, 0.15) is 40.0 Å². The Balaban J connectivity index is 2.09. The molecule has 6 nitrogen and oxygen atoms in total. The minimum Gasteiger partial charge on any atom is -0.393 e. The van der Waals surface area contributed by atoms with Crippen molar-refractivity contribution in [3.05, 3.63) is 0 Å². The lowest BCUT2D eigenvalue weighted by Crippen LogP contribution is -2.57. The zero-order chi connectivity index (χ0) is 18.3. The molecule has 0 aromatic carbocycles. The van der Waals surface area contributed by atoms with Crippen molar-refractivity contribution in [3.8, 4) is 0 Å². The van der Waals surface area contributed by atoms with Gasteiger partial charge in [0, 0.05) is 26.9 Å². The average molecular weight is 353 g/mol. The van der Waals surface area contributed by atoms with Gasteiger partial charge >= 0.3 is 0 Å². The van der Waals surface area contributed by atoms with Gasteiger partial charge in [-0.3, -0.25) is 24.4 Å². The number of aliphatic hydroxyl groups is 1.